The molecule has 4 heterocycles. The first kappa shape index (κ1) is 21.0. The fourth-order valence-corrected chi connectivity index (χ4v) is 5.41. The van der Waals surface area contributed by atoms with Crippen LogP contribution in [0.25, 0.3) is 32.0 Å². The number of nitrogens with zero attached hydrogens (tertiary/aromatic N) is 5. The van der Waals surface area contributed by atoms with Gasteiger partial charge in [0.15, 0.2) is 5.01 Å². The van der Waals surface area contributed by atoms with Crippen LogP contribution in [0.15, 0.2) is 53.1 Å². The van der Waals surface area contributed by atoms with E-state index in [2.05, 4.69) is 32.2 Å². The number of ether oxygens (including phenoxy) is 1. The Balaban J connectivity index is 1.17. The van der Waals surface area contributed by atoms with Gasteiger partial charge in [-0.1, -0.05) is 23.4 Å². The van der Waals surface area contributed by atoms with Crippen LogP contribution < -0.4 is 9.64 Å². The maximum atomic E-state index is 9.36. The first-order valence-corrected chi connectivity index (χ1v) is 12.1. The highest BCUT2D eigenvalue weighted by atomic mass is 32.1. The minimum absolute atomic E-state index is 0.0104. The van der Waals surface area contributed by atoms with Crippen molar-refractivity contribution >= 4 is 38.3 Å². The third-order valence-electron chi connectivity index (χ3n) is 6.33. The zero-order valence-corrected chi connectivity index (χ0v) is 19.5. The molecule has 0 spiro atoms. The molecule has 1 N–H and O–H groups in total. The maximum Gasteiger partial charge on any atom is 0.231 e. The van der Waals surface area contributed by atoms with Gasteiger partial charge in [0.1, 0.15) is 17.1 Å². The second-order valence-corrected chi connectivity index (χ2v) is 9.43. The van der Waals surface area contributed by atoms with Crippen molar-refractivity contribution in [3.63, 3.8) is 0 Å². The number of aliphatic hydroxyl groups excluding tert-OH is 1. The van der Waals surface area contributed by atoms with Crippen molar-refractivity contribution in [2.75, 3.05) is 25.1 Å². The summed E-state index contributed by atoms with van der Waals surface area (Å²) in [5, 5.41) is 15.4. The highest BCUT2D eigenvalue weighted by molar-refractivity contribution is 7.21. The van der Waals surface area contributed by atoms with Crippen molar-refractivity contribution in [3.05, 3.63) is 60.0 Å². The van der Waals surface area contributed by atoms with Crippen LogP contribution in [0.2, 0.25) is 0 Å². The van der Waals surface area contributed by atoms with Crippen LogP contribution in [-0.4, -0.2) is 45.4 Å². The fourth-order valence-electron chi connectivity index (χ4n) is 4.46. The Labute approximate surface area is 199 Å². The molecule has 6 rings (SSSR count). The van der Waals surface area contributed by atoms with E-state index in [1.165, 1.54) is 11.3 Å². The van der Waals surface area contributed by atoms with E-state index in [-0.39, 0.29) is 12.5 Å². The molecule has 2 aromatic carbocycles. The van der Waals surface area contributed by atoms with Gasteiger partial charge in [-0.05, 0) is 48.7 Å². The molecule has 1 aliphatic heterocycles. The van der Waals surface area contributed by atoms with Crippen LogP contribution in [0, 0.1) is 0 Å². The van der Waals surface area contributed by atoms with Gasteiger partial charge in [0, 0.05) is 24.4 Å². The number of benzene rings is 2. The van der Waals surface area contributed by atoms with Crippen LogP contribution >= 0.6 is 11.3 Å². The zero-order valence-electron chi connectivity index (χ0n) is 18.6. The number of fused-ring (bicyclic) bond motifs is 2. The minimum atomic E-state index is 0.0104. The molecule has 0 radical (unpaired) electrons. The Morgan fingerprint density at radius 1 is 1.09 bits per heavy atom. The van der Waals surface area contributed by atoms with E-state index in [1.807, 2.05) is 36.4 Å². The van der Waals surface area contributed by atoms with Gasteiger partial charge in [-0.15, -0.1) is 11.3 Å². The van der Waals surface area contributed by atoms with Gasteiger partial charge in [-0.25, -0.2) is 9.97 Å². The smallest absolute Gasteiger partial charge is 0.231 e. The first-order valence-electron chi connectivity index (χ1n) is 11.2. The number of aliphatic hydroxyl groups is 1. The van der Waals surface area contributed by atoms with Gasteiger partial charge >= 0.3 is 0 Å². The molecule has 0 bridgehead atoms. The molecule has 9 heteroatoms. The van der Waals surface area contributed by atoms with Crippen molar-refractivity contribution in [1.82, 2.24) is 20.1 Å². The van der Waals surface area contributed by atoms with Gasteiger partial charge in [0.25, 0.3) is 0 Å². The second kappa shape index (κ2) is 8.66. The molecule has 172 valence electrons. The lowest BCUT2D eigenvalue weighted by atomic mass is 9.97. The summed E-state index contributed by atoms with van der Waals surface area (Å²) in [5.41, 5.74) is 2.62. The third-order valence-corrected chi connectivity index (χ3v) is 7.34. The minimum Gasteiger partial charge on any atom is -0.494 e. The lowest BCUT2D eigenvalue weighted by Gasteiger charge is -2.31. The molecule has 0 atom stereocenters. The Bertz CT molecular complexity index is 1470. The van der Waals surface area contributed by atoms with Crippen molar-refractivity contribution < 1.29 is 14.4 Å². The molecule has 0 saturated carbocycles. The van der Waals surface area contributed by atoms with E-state index in [4.69, 9.17) is 14.2 Å². The van der Waals surface area contributed by atoms with Gasteiger partial charge in [0.05, 0.1) is 23.9 Å². The number of para-hydroxylation sites is 1. The SMILES string of the molecule is COc1cccc2ccc(N3CCC(c4nc(-c5nc6ccc(CO)cc6s5)no4)CC3)nc12. The highest BCUT2D eigenvalue weighted by Crippen LogP contribution is 2.34. The van der Waals surface area contributed by atoms with Crippen molar-refractivity contribution in [2.24, 2.45) is 0 Å². The Kier molecular flexibility index (Phi) is 5.35. The van der Waals surface area contributed by atoms with Gasteiger partial charge in [-0.3, -0.25) is 0 Å². The standard InChI is InChI=1S/C25H23N5O3S/c1-32-19-4-2-3-16-6-8-21(27-22(16)19)30-11-9-17(10-12-30)24-28-23(29-33-24)25-26-18-7-5-15(14-31)13-20(18)34-25/h2-8,13,17,31H,9-12,14H2,1H3. The highest BCUT2D eigenvalue weighted by Gasteiger charge is 2.27. The van der Waals surface area contributed by atoms with Crippen molar-refractivity contribution in [1.29, 1.82) is 0 Å². The van der Waals surface area contributed by atoms with E-state index < -0.39 is 0 Å². The van der Waals surface area contributed by atoms with Gasteiger partial charge < -0.3 is 19.3 Å². The summed E-state index contributed by atoms with van der Waals surface area (Å²) < 4.78 is 12.1. The van der Waals surface area contributed by atoms with Crippen LogP contribution in [0.1, 0.15) is 30.2 Å². The van der Waals surface area contributed by atoms with Crippen molar-refractivity contribution in [3.8, 4) is 16.6 Å². The summed E-state index contributed by atoms with van der Waals surface area (Å²) in [6.45, 7) is 1.73. The Morgan fingerprint density at radius 2 is 1.97 bits per heavy atom. The van der Waals surface area contributed by atoms with E-state index in [0.717, 1.165) is 69.2 Å². The Morgan fingerprint density at radius 3 is 2.79 bits per heavy atom. The molecule has 1 fully saturated rings. The first-order chi connectivity index (χ1) is 16.7. The van der Waals surface area contributed by atoms with Crippen LogP contribution in [-0.2, 0) is 6.61 Å². The summed E-state index contributed by atoms with van der Waals surface area (Å²) >= 11 is 1.51. The predicted octanol–water partition coefficient (Wildman–Crippen LogP) is 4.78. The van der Waals surface area contributed by atoms with Crippen molar-refractivity contribution in [2.45, 2.75) is 25.4 Å². The van der Waals surface area contributed by atoms with Gasteiger partial charge in [0.2, 0.25) is 11.7 Å². The number of aromatic nitrogens is 4. The number of rotatable bonds is 5. The van der Waals surface area contributed by atoms with Gasteiger partial charge in [-0.2, -0.15) is 4.98 Å². The molecule has 1 aliphatic rings. The molecule has 34 heavy (non-hydrogen) atoms. The summed E-state index contributed by atoms with van der Waals surface area (Å²) in [4.78, 5) is 16.5. The van der Waals surface area contributed by atoms with Crippen LogP contribution in [0.3, 0.4) is 0 Å². The molecule has 5 aromatic rings. The summed E-state index contributed by atoms with van der Waals surface area (Å²) in [7, 11) is 1.67. The summed E-state index contributed by atoms with van der Waals surface area (Å²) in [6, 6.07) is 15.9. The van der Waals surface area contributed by atoms with E-state index >= 15 is 0 Å². The molecule has 0 amide bonds. The molecule has 1 saturated heterocycles. The van der Waals surface area contributed by atoms with Crippen LogP contribution in [0.5, 0.6) is 5.75 Å². The molecule has 3 aromatic heterocycles. The lowest BCUT2D eigenvalue weighted by molar-refractivity contribution is 0.282. The number of methoxy groups -OCH3 is 1. The van der Waals surface area contributed by atoms with E-state index in [9.17, 15) is 5.11 Å². The largest absolute Gasteiger partial charge is 0.494 e. The number of anilines is 1. The number of hydrogen-bond donors (Lipinski definition) is 1. The normalized spacial score (nSPS) is 14.8. The lowest BCUT2D eigenvalue weighted by Crippen LogP contribution is -2.33. The summed E-state index contributed by atoms with van der Waals surface area (Å²) in [5.74, 6) is 3.14. The zero-order chi connectivity index (χ0) is 23.1. The fraction of sp³-hybridized carbons (Fsp3) is 0.280. The molecule has 0 unspecified atom stereocenters. The topological polar surface area (TPSA) is 97.4 Å². The van der Waals surface area contributed by atoms with Crippen LogP contribution in [0.4, 0.5) is 5.82 Å². The molecular formula is C25H23N5O3S. The van der Waals surface area contributed by atoms with E-state index in [0.29, 0.717) is 11.7 Å². The third kappa shape index (κ3) is 3.76. The molecular weight excluding hydrogens is 450 g/mol. The maximum absolute atomic E-state index is 9.36. The quantitative estimate of drug-likeness (QED) is 0.390. The molecule has 0 aliphatic carbocycles. The average Bonchev–Trinajstić information content (AvgIpc) is 3.55. The average molecular weight is 474 g/mol. The molecule has 8 nitrogen and oxygen atoms in total. The monoisotopic (exact) mass is 473 g/mol. The summed E-state index contributed by atoms with van der Waals surface area (Å²) in [6.07, 6.45) is 1.82. The second-order valence-electron chi connectivity index (χ2n) is 8.40. The number of thiazole rings is 1. The predicted molar refractivity (Wildman–Crippen MR) is 131 cm³/mol. The van der Waals surface area contributed by atoms with E-state index in [1.54, 1.807) is 7.11 Å². The number of pyridine rings is 1. The Hall–Kier alpha value is -3.56. The number of hydrogen-bond acceptors (Lipinski definition) is 9. The number of piperidine rings is 1.